The Kier molecular flexibility index (Phi) is 3.18. The maximum Gasteiger partial charge on any atom is 0.150 e. The van der Waals surface area contributed by atoms with Gasteiger partial charge in [0.05, 0.1) is 23.6 Å². The number of hydrogen-bond donors (Lipinski definition) is 0. The molecule has 0 saturated carbocycles. The number of hydrogen-bond acceptors (Lipinski definition) is 3. The van der Waals surface area contributed by atoms with Gasteiger partial charge in [0, 0.05) is 16.5 Å². The van der Waals surface area contributed by atoms with Crippen molar-refractivity contribution in [3.8, 4) is 0 Å². The summed E-state index contributed by atoms with van der Waals surface area (Å²) in [5.41, 5.74) is 1.85. The maximum absolute atomic E-state index is 5.75. The van der Waals surface area contributed by atoms with Crippen LogP contribution in [0, 0.1) is 0 Å². The van der Waals surface area contributed by atoms with Gasteiger partial charge in [-0.3, -0.25) is 4.98 Å². The van der Waals surface area contributed by atoms with Crippen molar-refractivity contribution < 1.29 is 4.74 Å². The normalized spacial score (nSPS) is 20.2. The van der Waals surface area contributed by atoms with Crippen LogP contribution >= 0.6 is 15.9 Å². The predicted molar refractivity (Wildman–Crippen MR) is 74.3 cm³/mol. The standard InChI is InChI=1S/C13H14BrN3O/c1-9(14)11-6-10-7-16-17(12(10)8-15-11)13-4-2-3-5-18-13/h6-8,13H,1-5H2. The van der Waals surface area contributed by atoms with Crippen LogP contribution in [0.1, 0.15) is 31.2 Å². The minimum absolute atomic E-state index is 0.0519. The summed E-state index contributed by atoms with van der Waals surface area (Å²) in [5, 5.41) is 5.49. The highest BCUT2D eigenvalue weighted by Crippen LogP contribution is 2.27. The summed E-state index contributed by atoms with van der Waals surface area (Å²) in [4.78, 5) is 4.37. The molecule has 0 aromatic carbocycles. The van der Waals surface area contributed by atoms with Crippen molar-refractivity contribution in [1.82, 2.24) is 14.8 Å². The van der Waals surface area contributed by atoms with E-state index in [2.05, 4.69) is 32.6 Å². The summed E-state index contributed by atoms with van der Waals surface area (Å²) in [6.07, 6.45) is 7.09. The lowest BCUT2D eigenvalue weighted by Crippen LogP contribution is -2.18. The highest BCUT2D eigenvalue weighted by molar-refractivity contribution is 9.15. The van der Waals surface area contributed by atoms with Crippen molar-refractivity contribution in [2.24, 2.45) is 0 Å². The molecule has 3 heterocycles. The van der Waals surface area contributed by atoms with Crippen LogP contribution in [0.4, 0.5) is 0 Å². The zero-order valence-corrected chi connectivity index (χ0v) is 11.6. The third-order valence-corrected chi connectivity index (χ3v) is 3.59. The molecular weight excluding hydrogens is 294 g/mol. The van der Waals surface area contributed by atoms with Crippen LogP contribution in [0.25, 0.3) is 15.4 Å². The fourth-order valence-electron chi connectivity index (χ4n) is 2.24. The van der Waals surface area contributed by atoms with E-state index < -0.39 is 0 Å². The Morgan fingerprint density at radius 1 is 1.44 bits per heavy atom. The SMILES string of the molecule is C=C(Br)c1cc2cnn(C3CCCCO3)c2cn1. The van der Waals surface area contributed by atoms with E-state index in [1.54, 1.807) is 0 Å². The van der Waals surface area contributed by atoms with Crippen LogP contribution in [0.2, 0.25) is 0 Å². The van der Waals surface area contributed by atoms with Gasteiger partial charge >= 0.3 is 0 Å². The van der Waals surface area contributed by atoms with Gasteiger partial charge < -0.3 is 4.74 Å². The van der Waals surface area contributed by atoms with E-state index in [9.17, 15) is 0 Å². The van der Waals surface area contributed by atoms with E-state index in [4.69, 9.17) is 4.74 Å². The molecule has 0 amide bonds. The van der Waals surface area contributed by atoms with Crippen molar-refractivity contribution in [3.63, 3.8) is 0 Å². The largest absolute Gasteiger partial charge is 0.356 e. The van der Waals surface area contributed by atoms with Crippen LogP contribution < -0.4 is 0 Å². The molecule has 1 aliphatic heterocycles. The molecule has 1 fully saturated rings. The van der Waals surface area contributed by atoms with E-state index in [0.717, 1.165) is 40.5 Å². The molecule has 2 aromatic rings. The molecule has 0 aliphatic carbocycles. The van der Waals surface area contributed by atoms with Crippen molar-refractivity contribution in [1.29, 1.82) is 0 Å². The number of halogens is 1. The Morgan fingerprint density at radius 2 is 2.33 bits per heavy atom. The number of ether oxygens (including phenoxy) is 1. The molecule has 3 rings (SSSR count). The van der Waals surface area contributed by atoms with Crippen molar-refractivity contribution in [3.05, 3.63) is 30.7 Å². The third kappa shape index (κ3) is 2.08. The first-order valence-corrected chi connectivity index (χ1v) is 6.84. The minimum Gasteiger partial charge on any atom is -0.356 e. The van der Waals surface area contributed by atoms with E-state index in [1.165, 1.54) is 6.42 Å². The van der Waals surface area contributed by atoms with Gasteiger partial charge in [0.15, 0.2) is 6.23 Å². The van der Waals surface area contributed by atoms with E-state index >= 15 is 0 Å². The predicted octanol–water partition coefficient (Wildman–Crippen LogP) is 3.50. The van der Waals surface area contributed by atoms with E-state index in [0.29, 0.717) is 0 Å². The molecule has 2 aromatic heterocycles. The fraction of sp³-hybridized carbons (Fsp3) is 0.385. The van der Waals surface area contributed by atoms with Crippen molar-refractivity contribution in [2.45, 2.75) is 25.5 Å². The van der Waals surface area contributed by atoms with Gasteiger partial charge in [-0.25, -0.2) is 4.68 Å². The van der Waals surface area contributed by atoms with Gasteiger partial charge in [-0.15, -0.1) is 0 Å². The smallest absolute Gasteiger partial charge is 0.150 e. The molecule has 1 atom stereocenters. The highest BCUT2D eigenvalue weighted by Gasteiger charge is 2.18. The molecule has 0 spiro atoms. The van der Waals surface area contributed by atoms with Crippen molar-refractivity contribution in [2.75, 3.05) is 6.61 Å². The zero-order valence-electron chi connectivity index (χ0n) is 9.97. The number of fused-ring (bicyclic) bond motifs is 1. The Morgan fingerprint density at radius 3 is 3.06 bits per heavy atom. The van der Waals surface area contributed by atoms with Crippen LogP contribution in [0.3, 0.4) is 0 Å². The van der Waals surface area contributed by atoms with Crippen LogP contribution in [0.15, 0.2) is 25.0 Å². The quantitative estimate of drug-likeness (QED) is 0.852. The molecule has 1 unspecified atom stereocenters. The maximum atomic E-state index is 5.75. The number of aromatic nitrogens is 3. The van der Waals surface area contributed by atoms with Crippen molar-refractivity contribution >= 4 is 31.3 Å². The fourth-order valence-corrected chi connectivity index (χ4v) is 2.46. The lowest BCUT2D eigenvalue weighted by molar-refractivity contribution is -0.0367. The first-order chi connectivity index (χ1) is 8.75. The van der Waals surface area contributed by atoms with Crippen LogP contribution in [0.5, 0.6) is 0 Å². The topological polar surface area (TPSA) is 39.9 Å². The van der Waals surface area contributed by atoms with Gasteiger partial charge in [-0.1, -0.05) is 6.58 Å². The van der Waals surface area contributed by atoms with Crippen LogP contribution in [-0.4, -0.2) is 21.4 Å². The molecule has 0 N–H and O–H groups in total. The molecule has 94 valence electrons. The molecule has 0 radical (unpaired) electrons. The lowest BCUT2D eigenvalue weighted by atomic mass is 10.2. The average Bonchev–Trinajstić information content (AvgIpc) is 2.82. The lowest BCUT2D eigenvalue weighted by Gasteiger charge is -2.23. The third-order valence-electron chi connectivity index (χ3n) is 3.19. The second kappa shape index (κ2) is 4.82. The minimum atomic E-state index is 0.0519. The van der Waals surface area contributed by atoms with Gasteiger partial charge in [0.2, 0.25) is 0 Å². The Labute approximate surface area is 114 Å². The van der Waals surface area contributed by atoms with Gasteiger partial charge in [0.1, 0.15) is 0 Å². The van der Waals surface area contributed by atoms with Gasteiger partial charge in [-0.2, -0.15) is 5.10 Å². The molecular formula is C13H14BrN3O. The monoisotopic (exact) mass is 307 g/mol. The molecule has 0 bridgehead atoms. The number of rotatable bonds is 2. The molecule has 4 nitrogen and oxygen atoms in total. The molecule has 5 heteroatoms. The van der Waals surface area contributed by atoms with Gasteiger partial charge in [0.25, 0.3) is 0 Å². The molecule has 1 saturated heterocycles. The summed E-state index contributed by atoms with van der Waals surface area (Å²) in [6.45, 7) is 4.65. The van der Waals surface area contributed by atoms with Gasteiger partial charge in [-0.05, 0) is 41.3 Å². The van der Waals surface area contributed by atoms with E-state index in [1.807, 2.05) is 23.1 Å². The average molecular weight is 308 g/mol. The molecule has 18 heavy (non-hydrogen) atoms. The number of nitrogens with zero attached hydrogens (tertiary/aromatic N) is 3. The summed E-state index contributed by atoms with van der Waals surface area (Å²) in [5.74, 6) is 0. The van der Waals surface area contributed by atoms with Crippen LogP contribution in [-0.2, 0) is 4.74 Å². The summed E-state index contributed by atoms with van der Waals surface area (Å²) >= 11 is 3.34. The second-order valence-corrected chi connectivity index (χ2v) is 5.40. The Hall–Kier alpha value is -1.20. The van der Waals surface area contributed by atoms with E-state index in [-0.39, 0.29) is 6.23 Å². The Bertz CT molecular complexity index is 587. The highest BCUT2D eigenvalue weighted by atomic mass is 79.9. The number of pyridine rings is 1. The summed E-state index contributed by atoms with van der Waals surface area (Å²) in [6, 6.07) is 1.98. The second-order valence-electron chi connectivity index (χ2n) is 4.44. The first kappa shape index (κ1) is 11.9. The molecule has 1 aliphatic rings. The summed E-state index contributed by atoms with van der Waals surface area (Å²) < 4.78 is 8.47. The zero-order chi connectivity index (χ0) is 12.5. The first-order valence-electron chi connectivity index (χ1n) is 6.05. The Balaban J connectivity index is 2.01. The summed E-state index contributed by atoms with van der Waals surface area (Å²) in [7, 11) is 0.